The third-order valence-electron chi connectivity index (χ3n) is 5.57. The lowest BCUT2D eigenvalue weighted by Gasteiger charge is -2.57. The maximum Gasteiger partial charge on any atom is 0.174 e. The summed E-state index contributed by atoms with van der Waals surface area (Å²) >= 11 is 0. The van der Waals surface area contributed by atoms with Crippen molar-refractivity contribution in [2.75, 3.05) is 20.7 Å². The molecular weight excluding hydrogens is 278 g/mol. The molecule has 0 aromatic heterocycles. The van der Waals surface area contributed by atoms with Crippen molar-refractivity contribution in [2.45, 2.75) is 43.1 Å². The van der Waals surface area contributed by atoms with Crippen LogP contribution in [-0.4, -0.2) is 43.5 Å². The number of rotatable bonds is 1. The monoisotopic (exact) mass is 306 g/mol. The Morgan fingerprint density at radius 2 is 2.45 bits per heavy atom. The lowest BCUT2D eigenvalue weighted by molar-refractivity contribution is -0.138. The predicted octanol–water partition coefficient (Wildman–Crippen LogP) is 1.93. The molecule has 2 heterocycles. The molecule has 2 aliphatic carbocycles. The van der Waals surface area contributed by atoms with Crippen molar-refractivity contribution < 1.29 is 23.9 Å². The first-order chi connectivity index (χ1) is 13.4. The predicted molar refractivity (Wildman–Crippen MR) is 81.6 cm³/mol. The van der Waals surface area contributed by atoms with Gasteiger partial charge in [0.25, 0.3) is 0 Å². The molecule has 4 nitrogen and oxygen atoms in total. The maximum atomic E-state index is 13.2. The van der Waals surface area contributed by atoms with E-state index < -0.39 is 42.0 Å². The zero-order chi connectivity index (χ0) is 21.3. The fraction of sp³-hybridized carbons (Fsp3) is 0.611. The van der Waals surface area contributed by atoms with Gasteiger partial charge in [-0.3, -0.25) is 4.79 Å². The van der Waals surface area contributed by atoms with E-state index in [-0.39, 0.29) is 41.1 Å². The van der Waals surface area contributed by atoms with Crippen LogP contribution >= 0.6 is 0 Å². The molecule has 2 fully saturated rings. The van der Waals surface area contributed by atoms with Crippen LogP contribution in [0.25, 0.3) is 0 Å². The molecule has 0 radical (unpaired) electrons. The van der Waals surface area contributed by atoms with E-state index in [1.165, 1.54) is 7.11 Å². The molecule has 1 spiro atoms. The van der Waals surface area contributed by atoms with Gasteiger partial charge in [0.2, 0.25) is 0 Å². The van der Waals surface area contributed by atoms with Crippen LogP contribution in [0, 0.1) is 5.92 Å². The van der Waals surface area contributed by atoms with Gasteiger partial charge in [-0.25, -0.2) is 0 Å². The summed E-state index contributed by atoms with van der Waals surface area (Å²) in [5, 5.41) is 0. The Morgan fingerprint density at radius 3 is 3.27 bits per heavy atom. The molecule has 1 saturated carbocycles. The van der Waals surface area contributed by atoms with Crippen LogP contribution in [0.4, 0.5) is 0 Å². The maximum absolute atomic E-state index is 13.2. The van der Waals surface area contributed by atoms with Crippen LogP contribution in [0.15, 0.2) is 12.1 Å². The Labute approximate surface area is 140 Å². The third kappa shape index (κ3) is 1.27. The van der Waals surface area contributed by atoms with Gasteiger partial charge in [0.15, 0.2) is 23.4 Å². The highest BCUT2D eigenvalue weighted by molar-refractivity contribution is 5.89. The average molecular weight is 306 g/mol. The van der Waals surface area contributed by atoms with Crippen molar-refractivity contribution in [3.8, 4) is 11.5 Å². The highest BCUT2D eigenvalue weighted by Crippen LogP contribution is 2.62. The first-order valence-corrected chi connectivity index (χ1v) is 7.52. The number of ether oxygens (including phenoxy) is 2. The molecule has 5 rings (SSSR count). The number of likely N-dealkylation sites (tertiary alicyclic amines) is 1. The third-order valence-corrected chi connectivity index (χ3v) is 5.57. The minimum atomic E-state index is -2.34. The van der Waals surface area contributed by atoms with Gasteiger partial charge in [0, 0.05) is 28.9 Å². The van der Waals surface area contributed by atoms with E-state index in [2.05, 4.69) is 0 Å². The average Bonchev–Trinajstić information content (AvgIpc) is 2.87. The summed E-state index contributed by atoms with van der Waals surface area (Å²) in [4.78, 5) is 15.0. The molecule has 4 heteroatoms. The number of nitrogens with zero attached hydrogens (tertiary/aromatic N) is 1. The first kappa shape index (κ1) is 7.82. The molecule has 0 amide bonds. The lowest BCUT2D eigenvalue weighted by atomic mass is 9.52. The molecule has 116 valence electrons. The lowest BCUT2D eigenvalue weighted by Crippen LogP contribution is -2.65. The van der Waals surface area contributed by atoms with Crippen LogP contribution < -0.4 is 9.47 Å². The van der Waals surface area contributed by atoms with Crippen molar-refractivity contribution in [3.63, 3.8) is 0 Å². The number of likely N-dealkylation sites (N-methyl/N-ethyl adjacent to an activating group) is 1. The molecule has 0 N–H and O–H groups in total. The summed E-state index contributed by atoms with van der Waals surface area (Å²) < 4.78 is 71.5. The van der Waals surface area contributed by atoms with E-state index in [1.54, 1.807) is 11.9 Å². The SMILES string of the molecule is [2H]c1c([2H])c2c3c(c1OC)OC1([2H])C(=O)C([2H])([2H])C[C@H]4[C@H](N(C)CC[C@@]341)C2([2H])[2H]. The second-order valence-corrected chi connectivity index (χ2v) is 6.40. The molecule has 1 saturated heterocycles. The van der Waals surface area contributed by atoms with E-state index in [0.29, 0.717) is 13.0 Å². The minimum Gasteiger partial charge on any atom is -0.493 e. The molecule has 4 atom stereocenters. The van der Waals surface area contributed by atoms with E-state index in [1.807, 2.05) is 0 Å². The number of piperidine rings is 1. The Morgan fingerprint density at radius 1 is 1.59 bits per heavy atom. The van der Waals surface area contributed by atoms with Crippen LogP contribution in [0.1, 0.15) is 39.9 Å². The topological polar surface area (TPSA) is 38.8 Å². The molecular formula is C18H21NO3. The second kappa shape index (κ2) is 4.05. The van der Waals surface area contributed by atoms with Crippen molar-refractivity contribution in [1.29, 1.82) is 0 Å². The number of benzene rings is 1. The Bertz CT molecular complexity index is 983. The van der Waals surface area contributed by atoms with Crippen molar-refractivity contribution in [3.05, 3.63) is 23.2 Å². The summed E-state index contributed by atoms with van der Waals surface area (Å²) in [6, 6.07) is -1.54. The molecule has 1 aromatic rings. The summed E-state index contributed by atoms with van der Waals surface area (Å²) in [5.74, 6) is -1.85. The van der Waals surface area contributed by atoms with Gasteiger partial charge >= 0.3 is 0 Å². The molecule has 1 unspecified atom stereocenters. The minimum absolute atomic E-state index is 0.0320. The molecule has 22 heavy (non-hydrogen) atoms. The van der Waals surface area contributed by atoms with E-state index >= 15 is 0 Å². The number of methoxy groups -OCH3 is 1. The van der Waals surface area contributed by atoms with Crippen LogP contribution in [0.5, 0.6) is 11.5 Å². The first-order valence-electron chi connectivity index (χ1n) is 11.0. The Balaban J connectivity index is 1.98. The van der Waals surface area contributed by atoms with E-state index in [4.69, 9.17) is 19.1 Å². The molecule has 2 bridgehead atoms. The summed E-state index contributed by atoms with van der Waals surface area (Å²) in [6.45, 7) is 0.401. The van der Waals surface area contributed by atoms with Crippen LogP contribution in [0.3, 0.4) is 0 Å². The van der Waals surface area contributed by atoms with Gasteiger partial charge in [-0.2, -0.15) is 0 Å². The number of carbonyl (C=O) groups is 1. The smallest absolute Gasteiger partial charge is 0.174 e. The van der Waals surface area contributed by atoms with E-state index in [9.17, 15) is 4.79 Å². The summed E-state index contributed by atoms with van der Waals surface area (Å²) in [7, 11) is 3.03. The molecule has 1 aromatic carbocycles. The molecule has 2 aliphatic heterocycles. The Kier molecular flexibility index (Phi) is 1.44. The van der Waals surface area contributed by atoms with Gasteiger partial charge < -0.3 is 14.4 Å². The number of hydrogen-bond donors (Lipinski definition) is 0. The number of carbonyl (C=O) groups excluding carboxylic acids is 1. The van der Waals surface area contributed by atoms with Gasteiger partial charge in [0.05, 0.1) is 11.2 Å². The van der Waals surface area contributed by atoms with Crippen LogP contribution in [-0.2, 0) is 16.6 Å². The second-order valence-electron chi connectivity index (χ2n) is 6.40. The van der Waals surface area contributed by atoms with Crippen molar-refractivity contribution in [2.24, 2.45) is 5.92 Å². The quantitative estimate of drug-likeness (QED) is 0.795. The van der Waals surface area contributed by atoms with Crippen LogP contribution in [0.2, 0.25) is 0 Å². The number of hydrogen-bond acceptors (Lipinski definition) is 4. The van der Waals surface area contributed by atoms with Gasteiger partial charge in [-0.05, 0) is 50.3 Å². The van der Waals surface area contributed by atoms with Gasteiger partial charge in [0.1, 0.15) is 0 Å². The fourth-order valence-electron chi connectivity index (χ4n) is 4.57. The standard InChI is InChI=1S/C18H21NO3/c1-19-8-7-18-11-4-5-13(20)17(18)22-16-14(21-2)6-3-10(15(16)18)9-12(11)19/h3,6,11-12,17H,4-5,7-9H2,1-2H3/t11-,12+,17?,18-/m0/s1/i3D,5D2,6D,9D2,17D. The zero-order valence-electron chi connectivity index (χ0n) is 19.4. The summed E-state index contributed by atoms with van der Waals surface area (Å²) in [5.41, 5.74) is -1.05. The zero-order valence-corrected chi connectivity index (χ0v) is 12.4. The normalized spacial score (nSPS) is 51.0. The fourth-order valence-corrected chi connectivity index (χ4v) is 4.57. The largest absolute Gasteiger partial charge is 0.493 e. The van der Waals surface area contributed by atoms with E-state index in [0.717, 1.165) is 0 Å². The molecule has 4 aliphatic rings. The van der Waals surface area contributed by atoms with Gasteiger partial charge in [-0.1, -0.05) is 6.04 Å². The van der Waals surface area contributed by atoms with Crippen molar-refractivity contribution >= 4 is 5.78 Å². The number of ketones is 1. The highest BCUT2D eigenvalue weighted by Gasteiger charge is 2.65. The van der Waals surface area contributed by atoms with Gasteiger partial charge in [-0.15, -0.1) is 0 Å². The Hall–Kier alpha value is -1.55. The number of Topliss-reactive ketones (excluding diaryl/α,β-unsaturated/α-hetero) is 1. The van der Waals surface area contributed by atoms with Crippen molar-refractivity contribution in [1.82, 2.24) is 4.90 Å². The highest BCUT2D eigenvalue weighted by atomic mass is 16.5. The summed E-state index contributed by atoms with van der Waals surface area (Å²) in [6.07, 6.45) is -6.64.